The summed E-state index contributed by atoms with van der Waals surface area (Å²) >= 11 is 0. The van der Waals surface area contributed by atoms with Crippen molar-refractivity contribution in [3.63, 3.8) is 0 Å². The van der Waals surface area contributed by atoms with Crippen molar-refractivity contribution in [2.24, 2.45) is 0 Å². The Morgan fingerprint density at radius 2 is 1.50 bits per heavy atom. The predicted octanol–water partition coefficient (Wildman–Crippen LogP) is 4.13. The van der Waals surface area contributed by atoms with E-state index < -0.39 is 42.6 Å². The van der Waals surface area contributed by atoms with Crippen LogP contribution in [0.2, 0.25) is 0 Å². The van der Waals surface area contributed by atoms with Crippen LogP contribution in [0.3, 0.4) is 0 Å². The van der Waals surface area contributed by atoms with E-state index in [0.717, 1.165) is 23.1 Å². The summed E-state index contributed by atoms with van der Waals surface area (Å²) in [5.74, 6) is -1.06. The van der Waals surface area contributed by atoms with Crippen LogP contribution in [-0.2, 0) is 35.1 Å². The molecule has 3 aromatic carbocycles. The standard InChI is InChI=1S/C33H39NO8/c1-3-19-39-30-29(36)27(42-33(38-4-2)31(30)41-21-23-11-7-5-8-12-23)22-40-28(35)20-34-32(37)26-17-15-25(16-18-26)24-13-9-6-10-14-24/h5-18,27,29-31,33,36H,3-4,19-22H2,1-2H3,(H,34,37)/t27-,29-,30+,31-,33?/m1/s1. The summed E-state index contributed by atoms with van der Waals surface area (Å²) in [5, 5.41) is 13.7. The summed E-state index contributed by atoms with van der Waals surface area (Å²) < 4.78 is 29.3. The van der Waals surface area contributed by atoms with Crippen molar-refractivity contribution in [1.82, 2.24) is 5.32 Å². The first-order chi connectivity index (χ1) is 20.5. The third-order valence-corrected chi connectivity index (χ3v) is 6.81. The van der Waals surface area contributed by atoms with Crippen LogP contribution >= 0.6 is 0 Å². The highest BCUT2D eigenvalue weighted by molar-refractivity contribution is 5.96. The number of aliphatic hydroxyl groups excluding tert-OH is 1. The predicted molar refractivity (Wildman–Crippen MR) is 157 cm³/mol. The largest absolute Gasteiger partial charge is 0.461 e. The van der Waals surface area contributed by atoms with Gasteiger partial charge in [-0.25, -0.2) is 0 Å². The van der Waals surface area contributed by atoms with Gasteiger partial charge in [0.25, 0.3) is 5.91 Å². The average Bonchev–Trinajstić information content (AvgIpc) is 3.03. The normalized spacial score (nSPS) is 21.9. The number of aliphatic hydroxyl groups is 1. The molecule has 1 aliphatic heterocycles. The molecule has 1 fully saturated rings. The SMILES string of the molecule is CCCO[C@H]1[C@H](O)[C@@H](COC(=O)CNC(=O)c2ccc(-c3ccccc3)cc2)OC(OCC)[C@@H]1OCc1ccccc1. The zero-order valence-corrected chi connectivity index (χ0v) is 24.0. The highest BCUT2D eigenvalue weighted by Crippen LogP contribution is 2.28. The maximum absolute atomic E-state index is 12.6. The quantitative estimate of drug-likeness (QED) is 0.275. The van der Waals surface area contributed by atoms with Crippen molar-refractivity contribution < 1.29 is 38.4 Å². The van der Waals surface area contributed by atoms with Crippen LogP contribution in [0.15, 0.2) is 84.9 Å². The molecule has 1 saturated heterocycles. The van der Waals surface area contributed by atoms with Gasteiger partial charge in [-0.2, -0.15) is 0 Å². The number of hydrogen-bond acceptors (Lipinski definition) is 8. The van der Waals surface area contributed by atoms with E-state index in [9.17, 15) is 14.7 Å². The maximum atomic E-state index is 12.6. The van der Waals surface area contributed by atoms with Crippen molar-refractivity contribution in [1.29, 1.82) is 0 Å². The van der Waals surface area contributed by atoms with Crippen LogP contribution in [0.4, 0.5) is 0 Å². The average molecular weight is 578 g/mol. The first-order valence-electron chi connectivity index (χ1n) is 14.3. The molecule has 1 amide bonds. The molecule has 1 heterocycles. The smallest absolute Gasteiger partial charge is 0.325 e. The van der Waals surface area contributed by atoms with E-state index >= 15 is 0 Å². The second-order valence-electron chi connectivity index (χ2n) is 9.89. The molecule has 4 rings (SSSR count). The highest BCUT2D eigenvalue weighted by atomic mass is 16.7. The van der Waals surface area contributed by atoms with Gasteiger partial charge in [-0.3, -0.25) is 9.59 Å². The second kappa shape index (κ2) is 16.1. The van der Waals surface area contributed by atoms with Gasteiger partial charge in [0.2, 0.25) is 0 Å². The van der Waals surface area contributed by atoms with Gasteiger partial charge in [0.1, 0.15) is 37.6 Å². The Kier molecular flexibility index (Phi) is 12.0. The molecule has 0 aromatic heterocycles. The number of benzene rings is 3. The van der Waals surface area contributed by atoms with Crippen molar-refractivity contribution in [3.8, 4) is 11.1 Å². The summed E-state index contributed by atoms with van der Waals surface area (Å²) in [6, 6.07) is 26.6. The number of nitrogens with one attached hydrogen (secondary N) is 1. The van der Waals surface area contributed by atoms with Crippen LogP contribution in [0.1, 0.15) is 36.2 Å². The topological polar surface area (TPSA) is 113 Å². The summed E-state index contributed by atoms with van der Waals surface area (Å²) in [7, 11) is 0. The minimum Gasteiger partial charge on any atom is -0.461 e. The van der Waals surface area contributed by atoms with E-state index in [-0.39, 0.29) is 19.8 Å². The van der Waals surface area contributed by atoms with Gasteiger partial charge in [-0.1, -0.05) is 79.7 Å². The van der Waals surface area contributed by atoms with Gasteiger partial charge in [-0.15, -0.1) is 0 Å². The lowest BCUT2D eigenvalue weighted by atomic mass is 9.98. The van der Waals surface area contributed by atoms with E-state index in [4.69, 9.17) is 23.7 Å². The van der Waals surface area contributed by atoms with Crippen molar-refractivity contribution >= 4 is 11.9 Å². The van der Waals surface area contributed by atoms with Crippen LogP contribution in [0, 0.1) is 0 Å². The number of esters is 1. The second-order valence-corrected chi connectivity index (χ2v) is 9.89. The summed E-state index contributed by atoms with van der Waals surface area (Å²) in [4.78, 5) is 25.1. The van der Waals surface area contributed by atoms with E-state index in [2.05, 4.69) is 5.32 Å². The summed E-state index contributed by atoms with van der Waals surface area (Å²) in [6.07, 6.45) is -3.62. The van der Waals surface area contributed by atoms with Gasteiger partial charge in [0, 0.05) is 18.8 Å². The molecule has 0 aliphatic carbocycles. The molecule has 9 nitrogen and oxygen atoms in total. The number of amides is 1. The fourth-order valence-electron chi connectivity index (χ4n) is 4.64. The van der Waals surface area contributed by atoms with E-state index in [1.54, 1.807) is 12.1 Å². The summed E-state index contributed by atoms with van der Waals surface area (Å²) in [6.45, 7) is 4.24. The van der Waals surface area contributed by atoms with Gasteiger partial charge in [0.05, 0.1) is 6.61 Å². The highest BCUT2D eigenvalue weighted by Gasteiger charge is 2.47. The Hall–Kier alpha value is -3.60. The van der Waals surface area contributed by atoms with Crippen molar-refractivity contribution in [2.75, 3.05) is 26.4 Å². The first-order valence-corrected chi connectivity index (χ1v) is 14.3. The van der Waals surface area contributed by atoms with Crippen LogP contribution in [0.5, 0.6) is 0 Å². The molecule has 0 saturated carbocycles. The fourth-order valence-corrected chi connectivity index (χ4v) is 4.64. The summed E-state index contributed by atoms with van der Waals surface area (Å²) in [5.41, 5.74) is 3.41. The number of carbonyl (C=O) groups excluding carboxylic acids is 2. The zero-order valence-electron chi connectivity index (χ0n) is 24.0. The van der Waals surface area contributed by atoms with Gasteiger partial charge in [-0.05, 0) is 42.2 Å². The molecule has 0 radical (unpaired) electrons. The molecule has 1 aliphatic rings. The molecule has 0 spiro atoms. The lowest BCUT2D eigenvalue weighted by Gasteiger charge is -2.43. The number of carbonyl (C=O) groups is 2. The molecular weight excluding hydrogens is 538 g/mol. The number of hydrogen-bond donors (Lipinski definition) is 2. The Morgan fingerprint density at radius 3 is 2.17 bits per heavy atom. The lowest BCUT2D eigenvalue weighted by Crippen LogP contribution is -2.61. The molecule has 42 heavy (non-hydrogen) atoms. The number of rotatable bonds is 14. The minimum atomic E-state index is -1.14. The maximum Gasteiger partial charge on any atom is 0.325 e. The first kappa shape index (κ1) is 31.3. The van der Waals surface area contributed by atoms with Gasteiger partial charge < -0.3 is 34.1 Å². The molecule has 0 bridgehead atoms. The van der Waals surface area contributed by atoms with Crippen molar-refractivity contribution in [3.05, 3.63) is 96.1 Å². The zero-order chi connectivity index (χ0) is 29.7. The van der Waals surface area contributed by atoms with E-state index in [1.165, 1.54) is 0 Å². The molecule has 5 atom stereocenters. The van der Waals surface area contributed by atoms with Crippen LogP contribution < -0.4 is 5.32 Å². The monoisotopic (exact) mass is 577 g/mol. The molecular formula is C33H39NO8. The molecule has 224 valence electrons. The van der Waals surface area contributed by atoms with Crippen LogP contribution in [0.25, 0.3) is 11.1 Å². The molecule has 9 heteroatoms. The lowest BCUT2D eigenvalue weighted by molar-refractivity contribution is -0.317. The molecule has 2 N–H and O–H groups in total. The van der Waals surface area contributed by atoms with E-state index in [1.807, 2.05) is 86.6 Å². The van der Waals surface area contributed by atoms with Crippen LogP contribution in [-0.4, -0.2) is 74.1 Å². The Balaban J connectivity index is 1.31. The third-order valence-electron chi connectivity index (χ3n) is 6.81. The minimum absolute atomic E-state index is 0.247. The Labute approximate surface area is 246 Å². The fraction of sp³-hybridized carbons (Fsp3) is 0.394. The number of ether oxygens (including phenoxy) is 5. The Morgan fingerprint density at radius 1 is 0.833 bits per heavy atom. The Bertz CT molecular complexity index is 1240. The molecule has 3 aromatic rings. The third kappa shape index (κ3) is 8.70. The van der Waals surface area contributed by atoms with Crippen molar-refractivity contribution in [2.45, 2.75) is 57.6 Å². The van der Waals surface area contributed by atoms with Gasteiger partial charge >= 0.3 is 5.97 Å². The van der Waals surface area contributed by atoms with E-state index in [0.29, 0.717) is 18.8 Å². The van der Waals surface area contributed by atoms with Gasteiger partial charge in [0.15, 0.2) is 6.29 Å². The molecule has 1 unspecified atom stereocenters.